The summed E-state index contributed by atoms with van der Waals surface area (Å²) in [6.07, 6.45) is 3.43. The fraction of sp³-hybridized carbons (Fsp3) is 0.263. The number of carbonyl (C=O) groups is 1. The minimum atomic E-state index is -0.863. The number of fused-ring (bicyclic) bond motifs is 1. The van der Waals surface area contributed by atoms with Crippen LogP contribution in [-0.4, -0.2) is 16.1 Å². The highest BCUT2D eigenvalue weighted by molar-refractivity contribution is 7.13. The lowest BCUT2D eigenvalue weighted by Gasteiger charge is -2.04. The van der Waals surface area contributed by atoms with Gasteiger partial charge in [-0.3, -0.25) is 0 Å². The Labute approximate surface area is 139 Å². The van der Waals surface area contributed by atoms with E-state index in [2.05, 4.69) is 36.2 Å². The summed E-state index contributed by atoms with van der Waals surface area (Å²) in [6, 6.07) is 14.5. The van der Waals surface area contributed by atoms with Crippen molar-refractivity contribution in [1.29, 1.82) is 0 Å². The van der Waals surface area contributed by atoms with Crippen LogP contribution < -0.4 is 0 Å². The Kier molecular flexibility index (Phi) is 4.72. The number of hydrogen-bond acceptors (Lipinski definition) is 3. The molecule has 1 aromatic heterocycles. The molecule has 1 N–H and O–H groups in total. The molecule has 0 saturated heterocycles. The maximum absolute atomic E-state index is 11.4. The van der Waals surface area contributed by atoms with Gasteiger partial charge in [-0.05, 0) is 29.2 Å². The smallest absolute Gasteiger partial charge is 0.347 e. The number of aromatic carboxylic acids is 1. The quantitative estimate of drug-likeness (QED) is 0.699. The molecule has 0 radical (unpaired) electrons. The van der Waals surface area contributed by atoms with Crippen molar-refractivity contribution in [2.24, 2.45) is 0 Å². The Bertz CT molecular complexity index is 833. The van der Waals surface area contributed by atoms with Crippen LogP contribution in [0.3, 0.4) is 0 Å². The van der Waals surface area contributed by atoms with E-state index in [0.29, 0.717) is 11.3 Å². The fourth-order valence-corrected chi connectivity index (χ4v) is 3.74. The second-order valence-electron chi connectivity index (χ2n) is 5.61. The molecule has 0 atom stereocenters. The van der Waals surface area contributed by atoms with E-state index in [-0.39, 0.29) is 0 Å². The molecule has 23 heavy (non-hydrogen) atoms. The third kappa shape index (κ3) is 3.42. The summed E-state index contributed by atoms with van der Waals surface area (Å²) < 4.78 is 0. The van der Waals surface area contributed by atoms with Crippen molar-refractivity contribution in [3.63, 3.8) is 0 Å². The molecule has 2 aromatic carbocycles. The Hall–Kier alpha value is -2.20. The summed E-state index contributed by atoms with van der Waals surface area (Å²) in [4.78, 5) is 16.4. The van der Waals surface area contributed by atoms with E-state index in [1.54, 1.807) is 0 Å². The zero-order valence-corrected chi connectivity index (χ0v) is 13.9. The van der Waals surface area contributed by atoms with Crippen molar-refractivity contribution >= 4 is 28.1 Å². The standard InChI is InChI=1S/C19H19NO2S/c1-2-3-11-16-18(19(21)22)23-17(20-16)12-14-9-6-8-13-7-4-5-10-15(13)14/h4-10H,2-3,11-12H2,1H3,(H,21,22). The number of carboxylic acid groups (broad SMARTS) is 1. The highest BCUT2D eigenvalue weighted by Crippen LogP contribution is 2.26. The van der Waals surface area contributed by atoms with Crippen LogP contribution in [0.1, 0.15) is 45.7 Å². The monoisotopic (exact) mass is 325 g/mol. The predicted octanol–water partition coefficient (Wildman–Crippen LogP) is 4.93. The molecule has 0 bridgehead atoms. The molecule has 4 heteroatoms. The van der Waals surface area contributed by atoms with Gasteiger partial charge in [0.1, 0.15) is 4.88 Å². The Morgan fingerprint density at radius 3 is 2.74 bits per heavy atom. The number of carboxylic acids is 1. The van der Waals surface area contributed by atoms with Gasteiger partial charge < -0.3 is 5.11 Å². The number of benzene rings is 2. The third-order valence-corrected chi connectivity index (χ3v) is 5.01. The highest BCUT2D eigenvalue weighted by Gasteiger charge is 2.17. The number of nitrogens with zero attached hydrogens (tertiary/aromatic N) is 1. The molecule has 3 rings (SSSR count). The van der Waals surface area contributed by atoms with Crippen molar-refractivity contribution in [2.75, 3.05) is 0 Å². The molecular formula is C19H19NO2S. The van der Waals surface area contributed by atoms with E-state index >= 15 is 0 Å². The summed E-state index contributed by atoms with van der Waals surface area (Å²) in [6.45, 7) is 2.10. The third-order valence-electron chi connectivity index (χ3n) is 3.92. The summed E-state index contributed by atoms with van der Waals surface area (Å²) in [5, 5.41) is 12.7. The van der Waals surface area contributed by atoms with Crippen molar-refractivity contribution < 1.29 is 9.90 Å². The number of unbranched alkanes of at least 4 members (excludes halogenated alkanes) is 1. The van der Waals surface area contributed by atoms with Gasteiger partial charge in [0.05, 0.1) is 10.7 Å². The lowest BCUT2D eigenvalue weighted by atomic mass is 10.0. The average Bonchev–Trinajstić information content (AvgIpc) is 2.96. The van der Waals surface area contributed by atoms with Crippen LogP contribution in [0.15, 0.2) is 42.5 Å². The molecule has 0 aliphatic carbocycles. The SMILES string of the molecule is CCCCc1nc(Cc2cccc3ccccc23)sc1C(=O)O. The Balaban J connectivity index is 1.94. The molecule has 3 aromatic rings. The average molecular weight is 325 g/mol. The molecular weight excluding hydrogens is 306 g/mol. The maximum atomic E-state index is 11.4. The number of rotatable bonds is 6. The van der Waals surface area contributed by atoms with Crippen molar-refractivity contribution in [3.05, 3.63) is 63.6 Å². The number of thiazole rings is 1. The fourth-order valence-electron chi connectivity index (χ4n) is 2.77. The second-order valence-corrected chi connectivity index (χ2v) is 6.69. The first kappa shape index (κ1) is 15.7. The van der Waals surface area contributed by atoms with Crippen LogP contribution >= 0.6 is 11.3 Å². The maximum Gasteiger partial charge on any atom is 0.347 e. The lowest BCUT2D eigenvalue weighted by Crippen LogP contribution is -1.98. The second kappa shape index (κ2) is 6.92. The Morgan fingerprint density at radius 2 is 1.96 bits per heavy atom. The topological polar surface area (TPSA) is 50.2 Å². The van der Waals surface area contributed by atoms with E-state index in [4.69, 9.17) is 0 Å². The van der Waals surface area contributed by atoms with Gasteiger partial charge in [0.15, 0.2) is 0 Å². The lowest BCUT2D eigenvalue weighted by molar-refractivity contribution is 0.0700. The van der Waals surface area contributed by atoms with Gasteiger partial charge in [-0.1, -0.05) is 55.8 Å². The van der Waals surface area contributed by atoms with Crippen molar-refractivity contribution in [2.45, 2.75) is 32.6 Å². The minimum Gasteiger partial charge on any atom is -0.477 e. The Morgan fingerprint density at radius 1 is 1.17 bits per heavy atom. The first-order valence-corrected chi connectivity index (χ1v) is 8.69. The summed E-state index contributed by atoms with van der Waals surface area (Å²) >= 11 is 1.31. The van der Waals surface area contributed by atoms with Gasteiger partial charge >= 0.3 is 5.97 Å². The summed E-state index contributed by atoms with van der Waals surface area (Å²) in [5.41, 5.74) is 1.93. The van der Waals surface area contributed by atoms with E-state index in [9.17, 15) is 9.90 Å². The minimum absolute atomic E-state index is 0.397. The number of hydrogen-bond donors (Lipinski definition) is 1. The molecule has 118 valence electrons. The van der Waals surface area contributed by atoms with Gasteiger partial charge in [0, 0.05) is 6.42 Å². The molecule has 3 nitrogen and oxygen atoms in total. The zero-order chi connectivity index (χ0) is 16.2. The number of aromatic nitrogens is 1. The zero-order valence-electron chi connectivity index (χ0n) is 13.1. The predicted molar refractivity (Wildman–Crippen MR) is 94.4 cm³/mol. The normalized spacial score (nSPS) is 11.0. The largest absolute Gasteiger partial charge is 0.477 e. The van der Waals surface area contributed by atoms with Crippen LogP contribution in [0, 0.1) is 0 Å². The van der Waals surface area contributed by atoms with Crippen LogP contribution in [0.4, 0.5) is 0 Å². The van der Waals surface area contributed by atoms with Gasteiger partial charge in [-0.25, -0.2) is 9.78 Å². The first-order chi connectivity index (χ1) is 11.2. The summed E-state index contributed by atoms with van der Waals surface area (Å²) in [5.74, 6) is -0.863. The summed E-state index contributed by atoms with van der Waals surface area (Å²) in [7, 11) is 0. The molecule has 0 spiro atoms. The molecule has 0 amide bonds. The molecule has 1 heterocycles. The molecule has 0 saturated carbocycles. The highest BCUT2D eigenvalue weighted by atomic mass is 32.1. The van der Waals surface area contributed by atoms with Crippen LogP contribution in [0.5, 0.6) is 0 Å². The van der Waals surface area contributed by atoms with Gasteiger partial charge in [0.2, 0.25) is 0 Å². The molecule has 0 unspecified atom stereocenters. The van der Waals surface area contributed by atoms with Gasteiger partial charge in [-0.15, -0.1) is 11.3 Å². The van der Waals surface area contributed by atoms with Crippen molar-refractivity contribution in [3.8, 4) is 0 Å². The van der Waals surface area contributed by atoms with E-state index in [1.807, 2.05) is 18.2 Å². The van der Waals surface area contributed by atoms with Gasteiger partial charge in [0.25, 0.3) is 0 Å². The number of aryl methyl sites for hydroxylation is 1. The van der Waals surface area contributed by atoms with Crippen LogP contribution in [0.2, 0.25) is 0 Å². The molecule has 0 aliphatic heterocycles. The molecule has 0 aliphatic rings. The first-order valence-electron chi connectivity index (χ1n) is 7.87. The van der Waals surface area contributed by atoms with Crippen molar-refractivity contribution in [1.82, 2.24) is 4.98 Å². The van der Waals surface area contributed by atoms with E-state index in [1.165, 1.54) is 27.7 Å². The van der Waals surface area contributed by atoms with E-state index in [0.717, 1.165) is 30.0 Å². The molecule has 0 fully saturated rings. The van der Waals surface area contributed by atoms with Crippen LogP contribution in [0.25, 0.3) is 10.8 Å². The van der Waals surface area contributed by atoms with E-state index < -0.39 is 5.97 Å². The van der Waals surface area contributed by atoms with Crippen LogP contribution in [-0.2, 0) is 12.8 Å². The van der Waals surface area contributed by atoms with Gasteiger partial charge in [-0.2, -0.15) is 0 Å².